The molecule has 1 amide bonds. The molecule has 0 aliphatic carbocycles. The summed E-state index contributed by atoms with van der Waals surface area (Å²) in [4.78, 5) is 11.8. The van der Waals surface area contributed by atoms with Crippen LogP contribution < -0.4 is 10.1 Å². The van der Waals surface area contributed by atoms with Crippen molar-refractivity contribution < 1.29 is 13.9 Å². The summed E-state index contributed by atoms with van der Waals surface area (Å²) in [5, 5.41) is 14.0. The van der Waals surface area contributed by atoms with E-state index < -0.39 is 0 Å². The lowest BCUT2D eigenvalue weighted by molar-refractivity contribution is -0.118. The van der Waals surface area contributed by atoms with Crippen molar-refractivity contribution in [2.45, 2.75) is 6.92 Å². The lowest BCUT2D eigenvalue weighted by Crippen LogP contribution is -2.20. The Morgan fingerprint density at radius 3 is 2.82 bits per heavy atom. The fraction of sp³-hybridized carbons (Fsp3) is 0.133. The Hall–Kier alpha value is -2.67. The van der Waals surface area contributed by atoms with Crippen LogP contribution >= 0.6 is 11.3 Å². The summed E-state index contributed by atoms with van der Waals surface area (Å²) in [7, 11) is 0. The van der Waals surface area contributed by atoms with Crippen LogP contribution in [0.1, 0.15) is 5.56 Å². The van der Waals surface area contributed by atoms with Gasteiger partial charge in [-0.3, -0.25) is 10.1 Å². The van der Waals surface area contributed by atoms with Gasteiger partial charge in [0.15, 0.2) is 6.61 Å². The second kappa shape index (κ2) is 6.40. The zero-order chi connectivity index (χ0) is 15.4. The average molecular weight is 315 g/mol. The number of benzene rings is 1. The molecule has 1 aromatic carbocycles. The van der Waals surface area contributed by atoms with Gasteiger partial charge in [-0.25, -0.2) is 0 Å². The van der Waals surface area contributed by atoms with Gasteiger partial charge < -0.3 is 9.15 Å². The van der Waals surface area contributed by atoms with E-state index in [1.165, 1.54) is 11.3 Å². The quantitative estimate of drug-likeness (QED) is 0.782. The van der Waals surface area contributed by atoms with Gasteiger partial charge in [-0.2, -0.15) is 11.3 Å². The zero-order valence-corrected chi connectivity index (χ0v) is 12.6. The van der Waals surface area contributed by atoms with E-state index in [-0.39, 0.29) is 18.5 Å². The summed E-state index contributed by atoms with van der Waals surface area (Å²) < 4.78 is 10.7. The van der Waals surface area contributed by atoms with Crippen molar-refractivity contribution in [2.75, 3.05) is 11.9 Å². The molecule has 0 fully saturated rings. The highest BCUT2D eigenvalue weighted by atomic mass is 32.1. The molecule has 0 atom stereocenters. The molecule has 2 aromatic heterocycles. The summed E-state index contributed by atoms with van der Waals surface area (Å²) >= 11 is 1.53. The van der Waals surface area contributed by atoms with Crippen LogP contribution in [0.15, 0.2) is 45.5 Å². The third-order valence-corrected chi connectivity index (χ3v) is 3.51. The van der Waals surface area contributed by atoms with Crippen LogP contribution in [0.4, 0.5) is 6.01 Å². The van der Waals surface area contributed by atoms with Gasteiger partial charge in [0.2, 0.25) is 0 Å². The molecule has 0 unspecified atom stereocenters. The van der Waals surface area contributed by atoms with Crippen LogP contribution in [0, 0.1) is 6.92 Å². The Morgan fingerprint density at radius 1 is 1.27 bits per heavy atom. The van der Waals surface area contributed by atoms with Gasteiger partial charge in [-0.05, 0) is 30.5 Å². The van der Waals surface area contributed by atoms with E-state index in [0.29, 0.717) is 11.6 Å². The summed E-state index contributed by atoms with van der Waals surface area (Å²) in [5.41, 5.74) is 1.96. The fourth-order valence-corrected chi connectivity index (χ4v) is 2.35. The smallest absolute Gasteiger partial charge is 0.322 e. The number of carbonyl (C=O) groups excluding carboxylic acids is 1. The van der Waals surface area contributed by atoms with E-state index in [1.54, 1.807) is 0 Å². The maximum atomic E-state index is 11.8. The largest absolute Gasteiger partial charge is 0.484 e. The highest BCUT2D eigenvalue weighted by molar-refractivity contribution is 7.08. The van der Waals surface area contributed by atoms with Crippen LogP contribution in [-0.2, 0) is 4.79 Å². The van der Waals surface area contributed by atoms with Crippen molar-refractivity contribution >= 4 is 23.3 Å². The number of rotatable bonds is 5. The van der Waals surface area contributed by atoms with E-state index >= 15 is 0 Å². The van der Waals surface area contributed by atoms with E-state index in [0.717, 1.165) is 11.1 Å². The van der Waals surface area contributed by atoms with E-state index in [2.05, 4.69) is 15.5 Å². The molecule has 1 N–H and O–H groups in total. The number of amides is 1. The normalized spacial score (nSPS) is 10.4. The minimum atomic E-state index is -0.360. The fourth-order valence-electron chi connectivity index (χ4n) is 1.72. The predicted octanol–water partition coefficient (Wildman–Crippen LogP) is 3.12. The SMILES string of the molecule is Cc1ccc(OCC(=O)Nc2nnc(-c3ccsc3)o2)cc1. The minimum Gasteiger partial charge on any atom is -0.484 e. The molecule has 0 radical (unpaired) electrons. The standard InChI is InChI=1S/C15H13N3O3S/c1-10-2-4-12(5-3-10)20-8-13(19)16-15-18-17-14(21-15)11-6-7-22-9-11/h2-7,9H,8H2,1H3,(H,16,18,19). The highest BCUT2D eigenvalue weighted by Gasteiger charge is 2.12. The lowest BCUT2D eigenvalue weighted by atomic mass is 10.2. The number of nitrogens with zero attached hydrogens (tertiary/aromatic N) is 2. The second-order valence-corrected chi connectivity index (χ2v) is 5.35. The third-order valence-electron chi connectivity index (χ3n) is 2.83. The maximum Gasteiger partial charge on any atom is 0.322 e. The average Bonchev–Trinajstić information content (AvgIpc) is 3.17. The number of carbonyl (C=O) groups is 1. The number of aromatic nitrogens is 2. The van der Waals surface area contributed by atoms with Crippen molar-refractivity contribution in [3.05, 3.63) is 46.7 Å². The van der Waals surface area contributed by atoms with Crippen molar-refractivity contribution in [3.8, 4) is 17.2 Å². The molecule has 6 nitrogen and oxygen atoms in total. The monoisotopic (exact) mass is 315 g/mol. The summed E-state index contributed by atoms with van der Waals surface area (Å²) in [6.45, 7) is 1.86. The third kappa shape index (κ3) is 3.50. The number of ether oxygens (including phenoxy) is 1. The van der Waals surface area contributed by atoms with Gasteiger partial charge in [-0.1, -0.05) is 22.8 Å². The van der Waals surface area contributed by atoms with E-state index in [1.807, 2.05) is 48.0 Å². The number of hydrogen-bond acceptors (Lipinski definition) is 6. The molecule has 3 rings (SSSR count). The minimum absolute atomic E-state index is 0.0544. The molecule has 0 aliphatic rings. The van der Waals surface area contributed by atoms with Crippen LogP contribution in [0.5, 0.6) is 5.75 Å². The Labute approximate surface area is 130 Å². The number of hydrogen-bond donors (Lipinski definition) is 1. The number of thiophene rings is 1. The lowest BCUT2D eigenvalue weighted by Gasteiger charge is -2.05. The van der Waals surface area contributed by atoms with Gasteiger partial charge in [0.25, 0.3) is 11.8 Å². The molecule has 0 spiro atoms. The first-order chi connectivity index (χ1) is 10.7. The zero-order valence-electron chi connectivity index (χ0n) is 11.8. The molecule has 7 heteroatoms. The second-order valence-electron chi connectivity index (χ2n) is 4.57. The molecule has 112 valence electrons. The van der Waals surface area contributed by atoms with Gasteiger partial charge >= 0.3 is 6.01 Å². The maximum absolute atomic E-state index is 11.8. The van der Waals surface area contributed by atoms with Gasteiger partial charge in [0.1, 0.15) is 5.75 Å². The molecule has 0 saturated heterocycles. The van der Waals surface area contributed by atoms with Crippen molar-refractivity contribution in [1.82, 2.24) is 10.2 Å². The van der Waals surface area contributed by atoms with Crippen molar-refractivity contribution in [2.24, 2.45) is 0 Å². The highest BCUT2D eigenvalue weighted by Crippen LogP contribution is 2.22. The van der Waals surface area contributed by atoms with Gasteiger partial charge in [-0.15, -0.1) is 5.10 Å². The Kier molecular flexibility index (Phi) is 4.15. The first-order valence-corrected chi connectivity index (χ1v) is 7.50. The molecule has 3 aromatic rings. The van der Waals surface area contributed by atoms with Crippen molar-refractivity contribution in [1.29, 1.82) is 0 Å². The summed E-state index contributed by atoms with van der Waals surface area (Å²) in [6, 6.07) is 9.37. The van der Waals surface area contributed by atoms with Gasteiger partial charge in [0.05, 0.1) is 0 Å². The number of nitrogens with one attached hydrogen (secondary N) is 1. The summed E-state index contributed by atoms with van der Waals surface area (Å²) in [5.74, 6) is 0.641. The van der Waals surface area contributed by atoms with E-state index in [4.69, 9.17) is 9.15 Å². The first-order valence-electron chi connectivity index (χ1n) is 6.56. The Morgan fingerprint density at radius 2 is 2.09 bits per heavy atom. The van der Waals surface area contributed by atoms with E-state index in [9.17, 15) is 4.79 Å². The number of anilines is 1. The molecule has 0 saturated carbocycles. The molecular formula is C15H13N3O3S. The van der Waals surface area contributed by atoms with Gasteiger partial charge in [0, 0.05) is 10.9 Å². The van der Waals surface area contributed by atoms with Crippen molar-refractivity contribution in [3.63, 3.8) is 0 Å². The molecular weight excluding hydrogens is 302 g/mol. The molecule has 22 heavy (non-hydrogen) atoms. The molecule has 0 bridgehead atoms. The van der Waals surface area contributed by atoms with Crippen LogP contribution in [-0.4, -0.2) is 22.7 Å². The summed E-state index contributed by atoms with van der Waals surface area (Å²) in [6.07, 6.45) is 0. The van der Waals surface area contributed by atoms with Crippen LogP contribution in [0.3, 0.4) is 0 Å². The Balaban J connectivity index is 1.54. The Bertz CT molecular complexity index is 751. The topological polar surface area (TPSA) is 77.2 Å². The van der Waals surface area contributed by atoms with Crippen LogP contribution in [0.2, 0.25) is 0 Å². The molecule has 2 heterocycles. The number of aryl methyl sites for hydroxylation is 1. The molecule has 0 aliphatic heterocycles. The first kappa shape index (κ1) is 14.3. The van der Waals surface area contributed by atoms with Crippen LogP contribution in [0.25, 0.3) is 11.5 Å². The predicted molar refractivity (Wildman–Crippen MR) is 82.9 cm³/mol.